The third-order valence-electron chi connectivity index (χ3n) is 6.25. The van der Waals surface area contributed by atoms with Gasteiger partial charge < -0.3 is 0 Å². The minimum Gasteiger partial charge on any atom is -0.0616 e. The van der Waals surface area contributed by atoms with Crippen molar-refractivity contribution in [2.24, 2.45) is 0 Å². The van der Waals surface area contributed by atoms with E-state index >= 15 is 0 Å². The molecule has 0 unspecified atom stereocenters. The van der Waals surface area contributed by atoms with Gasteiger partial charge in [0.15, 0.2) is 0 Å². The maximum atomic E-state index is 9.71. The molecule has 0 spiro atoms. The van der Waals surface area contributed by atoms with Gasteiger partial charge in [-0.15, -0.1) is 0 Å². The van der Waals surface area contributed by atoms with Crippen molar-refractivity contribution in [2.45, 2.75) is 0 Å². The first-order chi connectivity index (χ1) is 28.9. The van der Waals surface area contributed by atoms with Crippen molar-refractivity contribution in [1.82, 2.24) is 0 Å². The highest BCUT2D eigenvalue weighted by molar-refractivity contribution is 6.24. The van der Waals surface area contributed by atoms with Crippen molar-refractivity contribution in [1.29, 1.82) is 0 Å². The predicted molar refractivity (Wildman–Crippen MR) is 165 cm³/mol. The summed E-state index contributed by atoms with van der Waals surface area (Å²) >= 11 is 0. The summed E-state index contributed by atoms with van der Waals surface area (Å²) in [4.78, 5) is 0. The molecule has 0 bridgehead atoms. The van der Waals surface area contributed by atoms with E-state index in [1.165, 1.54) is 0 Å². The molecular formula is C38H24. The van der Waals surface area contributed by atoms with Crippen LogP contribution in [-0.4, -0.2) is 0 Å². The minimum absolute atomic E-state index is 0.515. The van der Waals surface area contributed by atoms with Gasteiger partial charge in [0, 0.05) is 0 Å². The molecule has 0 nitrogen and oxygen atoms in total. The van der Waals surface area contributed by atoms with Gasteiger partial charge in [-0.3, -0.25) is 0 Å². The summed E-state index contributed by atoms with van der Waals surface area (Å²) in [5.74, 6) is 0. The van der Waals surface area contributed by atoms with Crippen LogP contribution in [0, 0.1) is 0 Å². The van der Waals surface area contributed by atoms with Crippen LogP contribution in [0.1, 0.15) is 32.9 Å². The average Bonchev–Trinajstić information content (AvgIpc) is 3.24. The molecule has 0 N–H and O–H groups in total. The minimum atomic E-state index is -0.960. The van der Waals surface area contributed by atoms with Crippen LogP contribution in [0.4, 0.5) is 0 Å². The first kappa shape index (κ1) is 8.28. The maximum Gasteiger partial charge on any atom is 0.0636 e. The lowest BCUT2D eigenvalue weighted by Crippen LogP contribution is -1.91. The fourth-order valence-electron chi connectivity index (χ4n) is 4.66. The van der Waals surface area contributed by atoms with Crippen molar-refractivity contribution in [3.63, 3.8) is 0 Å². The molecule has 176 valence electrons. The standard InChI is InChI=1S/C38H24/c1-3-13-29-25(10-1)12-9-19-31(29)38-34-17-7-5-15-32(34)37(33-16-6-8-18-35(33)38)28-23-22-27-21-20-26-11-2-4-14-30(26)36(27)24-28/h1-24H/i1D,2D,3D,4D,5D,6D,7D,8D,9D,10D,11D,12D,13D,14D,15D,16D,17D,18D,19D,20D,21D,22D,23D,24D. The van der Waals surface area contributed by atoms with E-state index in [4.69, 9.17) is 21.9 Å². The number of hydrogen-bond donors (Lipinski definition) is 0. The lowest BCUT2D eigenvalue weighted by molar-refractivity contribution is 1.68. The van der Waals surface area contributed by atoms with E-state index < -0.39 is 221 Å². The summed E-state index contributed by atoms with van der Waals surface area (Å²) in [6, 6.07) is -21.1. The van der Waals surface area contributed by atoms with Crippen LogP contribution in [0.15, 0.2) is 145 Å². The fraction of sp³-hybridized carbons (Fsp3) is 0. The number of fused-ring (bicyclic) bond motifs is 6. The van der Waals surface area contributed by atoms with Crippen molar-refractivity contribution < 1.29 is 32.9 Å². The molecule has 0 amide bonds. The van der Waals surface area contributed by atoms with E-state index in [0.717, 1.165) is 0 Å². The van der Waals surface area contributed by atoms with Crippen molar-refractivity contribution in [2.75, 3.05) is 0 Å². The van der Waals surface area contributed by atoms with Gasteiger partial charge in [-0.2, -0.15) is 0 Å². The first-order valence-electron chi connectivity index (χ1n) is 23.2. The summed E-state index contributed by atoms with van der Waals surface area (Å²) in [5, 5.41) is -6.09. The molecule has 0 heterocycles. The van der Waals surface area contributed by atoms with Gasteiger partial charge in [-0.25, -0.2) is 0 Å². The summed E-state index contributed by atoms with van der Waals surface area (Å²) in [6.07, 6.45) is 0. The average molecular weight is 505 g/mol. The Labute approximate surface area is 255 Å². The van der Waals surface area contributed by atoms with Crippen LogP contribution in [-0.2, 0) is 0 Å². The quantitative estimate of drug-likeness (QED) is 0.162. The number of rotatable bonds is 2. The third kappa shape index (κ3) is 3.11. The Balaban J connectivity index is 1.81. The van der Waals surface area contributed by atoms with E-state index in [-0.39, 0.29) is 0 Å². The molecular weight excluding hydrogens is 456 g/mol. The van der Waals surface area contributed by atoms with Gasteiger partial charge in [0.25, 0.3) is 0 Å². The zero-order valence-electron chi connectivity index (χ0n) is 43.0. The lowest BCUT2D eigenvalue weighted by Gasteiger charge is -2.19. The highest BCUT2D eigenvalue weighted by atomic mass is 14.2. The summed E-state index contributed by atoms with van der Waals surface area (Å²) in [7, 11) is 0. The largest absolute Gasteiger partial charge is 0.0636 e. The van der Waals surface area contributed by atoms with Gasteiger partial charge >= 0.3 is 0 Å². The number of hydrogen-bond acceptors (Lipinski definition) is 0. The monoisotopic (exact) mass is 504 g/mol. The Morgan fingerprint density at radius 2 is 0.763 bits per heavy atom. The van der Waals surface area contributed by atoms with Crippen LogP contribution in [0.2, 0.25) is 0 Å². The number of benzene rings is 8. The van der Waals surface area contributed by atoms with Crippen LogP contribution in [0.25, 0.3) is 76.1 Å². The van der Waals surface area contributed by atoms with Gasteiger partial charge in [-0.05, 0) is 82.2 Å². The summed E-state index contributed by atoms with van der Waals surface area (Å²) in [6.45, 7) is 0. The molecule has 0 fully saturated rings. The molecule has 0 aliphatic carbocycles. The zero-order chi connectivity index (χ0) is 45.9. The van der Waals surface area contributed by atoms with Gasteiger partial charge in [0.05, 0.1) is 32.9 Å². The molecule has 8 rings (SSSR count). The topological polar surface area (TPSA) is 0 Å². The Morgan fingerprint density at radius 3 is 1.42 bits per heavy atom. The van der Waals surface area contributed by atoms with E-state index in [1.807, 2.05) is 0 Å². The molecule has 0 aromatic heterocycles. The van der Waals surface area contributed by atoms with E-state index in [2.05, 4.69) is 0 Å². The van der Waals surface area contributed by atoms with Crippen molar-refractivity contribution in [3.05, 3.63) is 145 Å². The Hall–Kier alpha value is -4.94. The van der Waals surface area contributed by atoms with Crippen molar-refractivity contribution >= 4 is 53.9 Å². The first-order valence-corrected chi connectivity index (χ1v) is 11.2. The smallest absolute Gasteiger partial charge is 0.0616 e. The molecule has 38 heavy (non-hydrogen) atoms. The van der Waals surface area contributed by atoms with Gasteiger partial charge in [0.1, 0.15) is 0 Å². The van der Waals surface area contributed by atoms with E-state index in [0.29, 0.717) is 0 Å². The lowest BCUT2D eigenvalue weighted by atomic mass is 9.84. The molecule has 8 aromatic rings. The normalized spacial score (nSPS) is 20.5. The molecule has 0 saturated carbocycles. The third-order valence-corrected chi connectivity index (χ3v) is 6.25. The molecule has 8 aromatic carbocycles. The SMILES string of the molecule is [2H]c1c([2H])c([2H])c2c(-c3c4c([2H])c([2H])c([2H])c([2H])c4c(-c4c([2H])c([2H])c5c([2H])c([2H])c6c([2H])c([2H])c([2H])c([2H])c6c5c4[2H])c4c([2H])c([2H])c([2H])c([2H])c34)c([2H])c([2H])c([2H])c2c1[2H]. The summed E-state index contributed by atoms with van der Waals surface area (Å²) in [5.41, 5.74) is -2.77. The second kappa shape index (κ2) is 8.30. The maximum absolute atomic E-state index is 9.71. The van der Waals surface area contributed by atoms with E-state index in [1.54, 1.807) is 0 Å². The van der Waals surface area contributed by atoms with Gasteiger partial charge in [0.2, 0.25) is 0 Å². The fourth-order valence-corrected chi connectivity index (χ4v) is 4.66. The van der Waals surface area contributed by atoms with E-state index in [9.17, 15) is 11.0 Å². The second-order valence-electron chi connectivity index (χ2n) is 8.25. The molecule has 0 saturated heterocycles. The van der Waals surface area contributed by atoms with Crippen LogP contribution in [0.5, 0.6) is 0 Å². The second-order valence-corrected chi connectivity index (χ2v) is 8.25. The molecule has 0 heteroatoms. The Bertz CT molecular complexity index is 3410. The predicted octanol–water partition coefficient (Wildman–Crippen LogP) is 10.8. The van der Waals surface area contributed by atoms with Crippen LogP contribution in [0.3, 0.4) is 0 Å². The van der Waals surface area contributed by atoms with Crippen LogP contribution >= 0.6 is 0 Å². The molecule has 0 aliphatic heterocycles. The van der Waals surface area contributed by atoms with Crippen molar-refractivity contribution in [3.8, 4) is 22.3 Å². The Kier molecular flexibility index (Phi) is 1.81. The highest BCUT2D eigenvalue weighted by Gasteiger charge is 2.18. The molecule has 0 aliphatic rings. The Morgan fingerprint density at radius 1 is 0.316 bits per heavy atom. The van der Waals surface area contributed by atoms with Gasteiger partial charge in [-0.1, -0.05) is 139 Å². The highest BCUT2D eigenvalue weighted by Crippen LogP contribution is 2.45. The summed E-state index contributed by atoms with van der Waals surface area (Å²) < 4.78 is 213. The zero-order valence-corrected chi connectivity index (χ0v) is 19.0. The van der Waals surface area contributed by atoms with Crippen LogP contribution < -0.4 is 0 Å². The molecule has 0 atom stereocenters. The molecule has 0 radical (unpaired) electrons.